The van der Waals surface area contributed by atoms with Crippen molar-refractivity contribution in [2.45, 2.75) is 6.42 Å². The van der Waals surface area contributed by atoms with Crippen LogP contribution in [0, 0.1) is 11.3 Å². The number of fused-ring (bicyclic) bond motifs is 1. The first-order chi connectivity index (χ1) is 15.4. The minimum Gasteiger partial charge on any atom is -0.496 e. The summed E-state index contributed by atoms with van der Waals surface area (Å²) < 4.78 is 10.9. The van der Waals surface area contributed by atoms with Crippen molar-refractivity contribution in [3.05, 3.63) is 57.7 Å². The van der Waals surface area contributed by atoms with E-state index in [1.165, 1.54) is 13.3 Å². The van der Waals surface area contributed by atoms with E-state index in [0.29, 0.717) is 38.5 Å². The van der Waals surface area contributed by atoms with Crippen molar-refractivity contribution in [1.29, 1.82) is 5.26 Å². The number of nitriles is 1. The van der Waals surface area contributed by atoms with Gasteiger partial charge in [0.25, 0.3) is 0 Å². The molecule has 0 saturated heterocycles. The molecule has 1 heterocycles. The van der Waals surface area contributed by atoms with Crippen LogP contribution in [0.1, 0.15) is 17.5 Å². The van der Waals surface area contributed by atoms with Gasteiger partial charge >= 0.3 is 0 Å². The Balaban J connectivity index is 2.09. The lowest BCUT2D eigenvalue weighted by Gasteiger charge is -2.16. The van der Waals surface area contributed by atoms with Crippen LogP contribution in [-0.4, -0.2) is 44.7 Å². The Hall–Kier alpha value is -2.98. The molecule has 8 heteroatoms. The standard InChI is InChI=1S/C24H24Cl2N4O2/c1-30(2)8-6-5-7-15-9-20-17(10-22(15)31-3)24(16(13-27)14-28-20)29-21-12-23(32-4)19(26)11-18(21)25/h5,7,9-12,14H,6,8H2,1-4H3,(H,28,29)/b7-5+. The van der Waals surface area contributed by atoms with Gasteiger partial charge in [-0.3, -0.25) is 4.98 Å². The highest BCUT2D eigenvalue weighted by Gasteiger charge is 2.15. The molecule has 166 valence electrons. The van der Waals surface area contributed by atoms with E-state index in [1.54, 1.807) is 19.2 Å². The normalized spacial score (nSPS) is 11.2. The Bertz CT molecular complexity index is 1200. The molecule has 0 aliphatic heterocycles. The van der Waals surface area contributed by atoms with Gasteiger partial charge in [-0.15, -0.1) is 0 Å². The van der Waals surface area contributed by atoms with E-state index in [9.17, 15) is 5.26 Å². The molecule has 0 aliphatic rings. The summed E-state index contributed by atoms with van der Waals surface area (Å²) in [5.41, 5.74) is 3.14. The number of rotatable bonds is 8. The Labute approximate surface area is 198 Å². The molecule has 0 fully saturated rings. The zero-order valence-corrected chi connectivity index (χ0v) is 19.9. The number of aromatic nitrogens is 1. The van der Waals surface area contributed by atoms with Gasteiger partial charge in [0.15, 0.2) is 0 Å². The van der Waals surface area contributed by atoms with Gasteiger partial charge in [-0.25, -0.2) is 0 Å². The molecule has 0 aliphatic carbocycles. The largest absolute Gasteiger partial charge is 0.496 e. The van der Waals surface area contributed by atoms with Crippen LogP contribution in [-0.2, 0) is 0 Å². The summed E-state index contributed by atoms with van der Waals surface area (Å²) in [5.74, 6) is 1.15. The van der Waals surface area contributed by atoms with Crippen LogP contribution in [0.2, 0.25) is 10.0 Å². The molecule has 2 aromatic carbocycles. The lowest BCUT2D eigenvalue weighted by atomic mass is 10.0. The second kappa shape index (κ2) is 10.6. The molecular weight excluding hydrogens is 447 g/mol. The van der Waals surface area contributed by atoms with Crippen LogP contribution in [0.25, 0.3) is 17.0 Å². The fraction of sp³-hybridized carbons (Fsp3) is 0.250. The monoisotopic (exact) mass is 470 g/mol. The molecule has 0 bridgehead atoms. The number of hydrogen-bond acceptors (Lipinski definition) is 6. The second-order valence-corrected chi connectivity index (χ2v) is 8.17. The number of ether oxygens (including phenoxy) is 2. The fourth-order valence-corrected chi connectivity index (χ4v) is 3.73. The number of benzene rings is 2. The van der Waals surface area contributed by atoms with Gasteiger partial charge in [0.05, 0.1) is 46.7 Å². The highest BCUT2D eigenvalue weighted by molar-refractivity contribution is 6.37. The van der Waals surface area contributed by atoms with Crippen molar-refractivity contribution in [1.82, 2.24) is 9.88 Å². The molecule has 0 amide bonds. The fourth-order valence-electron chi connectivity index (χ4n) is 3.22. The van der Waals surface area contributed by atoms with Gasteiger partial charge in [0.2, 0.25) is 0 Å². The Kier molecular flexibility index (Phi) is 7.81. The molecule has 0 unspecified atom stereocenters. The average Bonchev–Trinajstić information content (AvgIpc) is 2.77. The van der Waals surface area contributed by atoms with E-state index in [4.69, 9.17) is 32.7 Å². The van der Waals surface area contributed by atoms with Crippen molar-refractivity contribution in [3.63, 3.8) is 0 Å². The summed E-state index contributed by atoms with van der Waals surface area (Å²) in [6, 6.07) is 9.29. The zero-order valence-electron chi connectivity index (χ0n) is 18.4. The summed E-state index contributed by atoms with van der Waals surface area (Å²) in [4.78, 5) is 6.60. The number of nitrogens with one attached hydrogen (secondary N) is 1. The molecule has 6 nitrogen and oxygen atoms in total. The maximum absolute atomic E-state index is 9.68. The lowest BCUT2D eigenvalue weighted by Crippen LogP contribution is -2.11. The Morgan fingerprint density at radius 3 is 2.50 bits per heavy atom. The maximum Gasteiger partial charge on any atom is 0.139 e. The van der Waals surface area contributed by atoms with Crippen molar-refractivity contribution in [3.8, 4) is 17.6 Å². The predicted octanol–water partition coefficient (Wildman–Crippen LogP) is 6.14. The molecular formula is C24H24Cl2N4O2. The maximum atomic E-state index is 9.68. The van der Waals surface area contributed by atoms with Gasteiger partial charge in [-0.2, -0.15) is 5.26 Å². The van der Waals surface area contributed by atoms with E-state index in [-0.39, 0.29) is 0 Å². The Morgan fingerprint density at radius 1 is 1.09 bits per heavy atom. The van der Waals surface area contributed by atoms with Crippen LogP contribution >= 0.6 is 23.2 Å². The second-order valence-electron chi connectivity index (χ2n) is 7.36. The number of pyridine rings is 1. The first kappa shape index (κ1) is 23.7. The number of halogens is 2. The minimum absolute atomic E-state index is 0.374. The summed E-state index contributed by atoms with van der Waals surface area (Å²) in [6.07, 6.45) is 6.58. The van der Waals surface area contributed by atoms with Crippen LogP contribution in [0.5, 0.6) is 11.5 Å². The molecule has 0 saturated carbocycles. The van der Waals surface area contributed by atoms with Gasteiger partial charge in [-0.05, 0) is 38.7 Å². The molecule has 0 radical (unpaired) electrons. The van der Waals surface area contributed by atoms with Gasteiger partial charge < -0.3 is 19.7 Å². The quantitative estimate of drug-likeness (QED) is 0.426. The molecule has 0 atom stereocenters. The van der Waals surface area contributed by atoms with E-state index >= 15 is 0 Å². The summed E-state index contributed by atoms with van der Waals surface area (Å²) in [7, 11) is 7.23. The van der Waals surface area contributed by atoms with Crippen molar-refractivity contribution in [2.24, 2.45) is 0 Å². The lowest BCUT2D eigenvalue weighted by molar-refractivity contribution is 0.414. The van der Waals surface area contributed by atoms with Gasteiger partial charge in [0, 0.05) is 29.8 Å². The van der Waals surface area contributed by atoms with Crippen LogP contribution in [0.4, 0.5) is 11.4 Å². The zero-order chi connectivity index (χ0) is 23.3. The summed E-state index contributed by atoms with van der Waals surface area (Å²) in [6.45, 7) is 0.954. The van der Waals surface area contributed by atoms with Crippen LogP contribution < -0.4 is 14.8 Å². The van der Waals surface area contributed by atoms with Crippen molar-refractivity contribution >= 4 is 51.6 Å². The summed E-state index contributed by atoms with van der Waals surface area (Å²) in [5, 5.41) is 14.5. The molecule has 3 rings (SSSR count). The number of anilines is 2. The number of methoxy groups -OCH3 is 2. The van der Waals surface area contributed by atoms with Crippen LogP contribution in [0.3, 0.4) is 0 Å². The molecule has 32 heavy (non-hydrogen) atoms. The third-order valence-corrected chi connectivity index (χ3v) is 5.49. The van der Waals surface area contributed by atoms with E-state index in [1.807, 2.05) is 32.3 Å². The van der Waals surface area contributed by atoms with E-state index in [2.05, 4.69) is 27.3 Å². The Morgan fingerprint density at radius 2 is 1.84 bits per heavy atom. The highest BCUT2D eigenvalue weighted by Crippen LogP contribution is 2.39. The molecule has 1 N–H and O–H groups in total. The van der Waals surface area contributed by atoms with E-state index < -0.39 is 0 Å². The smallest absolute Gasteiger partial charge is 0.139 e. The van der Waals surface area contributed by atoms with Crippen LogP contribution in [0.15, 0.2) is 36.5 Å². The third-order valence-electron chi connectivity index (χ3n) is 4.88. The first-order valence-electron chi connectivity index (χ1n) is 9.90. The topological polar surface area (TPSA) is 70.4 Å². The molecule has 3 aromatic rings. The predicted molar refractivity (Wildman–Crippen MR) is 132 cm³/mol. The van der Waals surface area contributed by atoms with Gasteiger partial charge in [0.1, 0.15) is 17.6 Å². The van der Waals surface area contributed by atoms with Gasteiger partial charge in [-0.1, -0.05) is 35.4 Å². The molecule has 1 aromatic heterocycles. The third kappa shape index (κ3) is 5.25. The number of hydrogen-bond donors (Lipinski definition) is 1. The molecule has 0 spiro atoms. The van der Waals surface area contributed by atoms with Crippen molar-refractivity contribution < 1.29 is 9.47 Å². The number of nitrogens with zero attached hydrogens (tertiary/aromatic N) is 3. The van der Waals surface area contributed by atoms with Crippen molar-refractivity contribution in [2.75, 3.05) is 40.2 Å². The SMILES string of the molecule is COc1cc(Nc2c(C#N)cnc3cc(/C=C/CCN(C)C)c(OC)cc23)c(Cl)cc1Cl. The van der Waals surface area contributed by atoms with E-state index in [0.717, 1.165) is 29.4 Å². The minimum atomic E-state index is 0.374. The first-order valence-corrected chi connectivity index (χ1v) is 10.7. The average molecular weight is 471 g/mol. The summed E-state index contributed by atoms with van der Waals surface area (Å²) >= 11 is 12.6. The highest BCUT2D eigenvalue weighted by atomic mass is 35.5.